The second-order valence-corrected chi connectivity index (χ2v) is 9.08. The van der Waals surface area contributed by atoms with E-state index >= 15 is 0 Å². The summed E-state index contributed by atoms with van der Waals surface area (Å²) >= 11 is 0. The van der Waals surface area contributed by atoms with Crippen LogP contribution in [0.5, 0.6) is 0 Å². The Morgan fingerprint density at radius 2 is 1.88 bits per heavy atom. The molecule has 0 saturated carbocycles. The van der Waals surface area contributed by atoms with E-state index in [-0.39, 0.29) is 17.5 Å². The van der Waals surface area contributed by atoms with Gasteiger partial charge in [0.25, 0.3) is 0 Å². The van der Waals surface area contributed by atoms with Gasteiger partial charge in [-0.3, -0.25) is 0 Å². The summed E-state index contributed by atoms with van der Waals surface area (Å²) in [6.45, 7) is 5.08. The molecule has 1 unspecified atom stereocenters. The van der Waals surface area contributed by atoms with E-state index in [0.29, 0.717) is 24.0 Å². The summed E-state index contributed by atoms with van der Waals surface area (Å²) in [5, 5.41) is 6.59. The van der Waals surface area contributed by atoms with Crippen LogP contribution in [0.1, 0.15) is 20.3 Å². The first-order valence-corrected chi connectivity index (χ1v) is 10.4. The first-order valence-electron chi connectivity index (χ1n) is 8.56. The number of hydrogen-bond acceptors (Lipinski definition) is 6. The molecule has 0 amide bonds. The number of nitrogens with one attached hydrogen (secondary N) is 2. The van der Waals surface area contributed by atoms with E-state index in [2.05, 4.69) is 34.4 Å². The zero-order valence-electron chi connectivity index (χ0n) is 14.6. The number of nitrogens with zero attached hydrogens (tertiary/aromatic N) is 2. The van der Waals surface area contributed by atoms with Gasteiger partial charge in [-0.1, -0.05) is 44.2 Å². The SMILES string of the molecule is CC(C)CNc1cc(NC2CCS(=O)(=O)C2)nc(-c2ccccc2)n1. The van der Waals surface area contributed by atoms with Gasteiger partial charge in [-0.2, -0.15) is 0 Å². The van der Waals surface area contributed by atoms with Crippen LogP contribution in [0.25, 0.3) is 11.4 Å². The molecule has 0 spiro atoms. The predicted octanol–water partition coefficient (Wildman–Crippen LogP) is 2.81. The lowest BCUT2D eigenvalue weighted by atomic mass is 10.2. The normalized spacial score (nSPS) is 19.1. The molecule has 2 aromatic rings. The van der Waals surface area contributed by atoms with Crippen molar-refractivity contribution in [1.29, 1.82) is 0 Å². The molecule has 1 aromatic heterocycles. The predicted molar refractivity (Wildman–Crippen MR) is 101 cm³/mol. The van der Waals surface area contributed by atoms with Gasteiger partial charge in [0.15, 0.2) is 15.7 Å². The minimum atomic E-state index is -2.93. The second kappa shape index (κ2) is 7.39. The van der Waals surface area contributed by atoms with E-state index in [1.807, 2.05) is 36.4 Å². The maximum absolute atomic E-state index is 11.7. The summed E-state index contributed by atoms with van der Waals surface area (Å²) < 4.78 is 23.4. The quantitative estimate of drug-likeness (QED) is 0.824. The van der Waals surface area contributed by atoms with Crippen molar-refractivity contribution in [1.82, 2.24) is 9.97 Å². The van der Waals surface area contributed by atoms with Crippen molar-refractivity contribution >= 4 is 21.5 Å². The van der Waals surface area contributed by atoms with Gasteiger partial charge in [-0.15, -0.1) is 0 Å². The summed E-state index contributed by atoms with van der Waals surface area (Å²) in [6.07, 6.45) is 0.613. The molecule has 2 heterocycles. The van der Waals surface area contributed by atoms with Gasteiger partial charge in [0, 0.05) is 24.2 Å². The molecule has 1 atom stereocenters. The van der Waals surface area contributed by atoms with Crippen molar-refractivity contribution in [3.63, 3.8) is 0 Å². The molecule has 1 fully saturated rings. The van der Waals surface area contributed by atoms with Crippen LogP contribution in [-0.2, 0) is 9.84 Å². The highest BCUT2D eigenvalue weighted by atomic mass is 32.2. The Morgan fingerprint density at radius 1 is 1.16 bits per heavy atom. The Balaban J connectivity index is 1.86. The summed E-state index contributed by atoms with van der Waals surface area (Å²) in [4.78, 5) is 9.18. The number of anilines is 2. The zero-order valence-corrected chi connectivity index (χ0v) is 15.4. The maximum atomic E-state index is 11.7. The summed E-state index contributed by atoms with van der Waals surface area (Å²) in [7, 11) is -2.93. The number of sulfone groups is 1. The standard InChI is InChI=1S/C18H24N4O2S/c1-13(2)11-19-16-10-17(20-15-8-9-25(23,24)12-15)22-18(21-16)14-6-4-3-5-7-14/h3-7,10,13,15H,8-9,11-12H2,1-2H3,(H2,19,20,21,22). The lowest BCUT2D eigenvalue weighted by Gasteiger charge is -2.15. The highest BCUT2D eigenvalue weighted by Gasteiger charge is 2.28. The summed E-state index contributed by atoms with van der Waals surface area (Å²) in [5.41, 5.74) is 0.929. The van der Waals surface area contributed by atoms with E-state index < -0.39 is 9.84 Å². The van der Waals surface area contributed by atoms with Crippen LogP contribution in [-0.4, -0.2) is 42.5 Å². The van der Waals surface area contributed by atoms with E-state index in [4.69, 9.17) is 0 Å². The van der Waals surface area contributed by atoms with Gasteiger partial charge in [0.05, 0.1) is 11.5 Å². The molecule has 134 valence electrons. The lowest BCUT2D eigenvalue weighted by Crippen LogP contribution is -2.21. The van der Waals surface area contributed by atoms with Crippen LogP contribution < -0.4 is 10.6 Å². The Kier molecular flexibility index (Phi) is 5.22. The van der Waals surface area contributed by atoms with Crippen LogP contribution in [0, 0.1) is 5.92 Å². The van der Waals surface area contributed by atoms with Gasteiger partial charge in [0.2, 0.25) is 0 Å². The van der Waals surface area contributed by atoms with Gasteiger partial charge in [-0.05, 0) is 12.3 Å². The van der Waals surface area contributed by atoms with Gasteiger partial charge in [0.1, 0.15) is 11.6 Å². The third-order valence-corrected chi connectivity index (χ3v) is 5.80. The van der Waals surface area contributed by atoms with E-state index in [0.717, 1.165) is 17.9 Å². The highest BCUT2D eigenvalue weighted by molar-refractivity contribution is 7.91. The van der Waals surface area contributed by atoms with Crippen LogP contribution in [0.3, 0.4) is 0 Å². The number of rotatable bonds is 6. The van der Waals surface area contributed by atoms with Crippen molar-refractivity contribution in [2.24, 2.45) is 5.92 Å². The topological polar surface area (TPSA) is 84.0 Å². The van der Waals surface area contributed by atoms with Crippen molar-refractivity contribution in [3.05, 3.63) is 36.4 Å². The molecule has 0 aliphatic carbocycles. The fraction of sp³-hybridized carbons (Fsp3) is 0.444. The second-order valence-electron chi connectivity index (χ2n) is 6.85. The van der Waals surface area contributed by atoms with E-state index in [1.165, 1.54) is 0 Å². The molecule has 6 nitrogen and oxygen atoms in total. The average molecular weight is 360 g/mol. The van der Waals surface area contributed by atoms with E-state index in [1.54, 1.807) is 0 Å². The Morgan fingerprint density at radius 3 is 2.52 bits per heavy atom. The molecule has 1 aliphatic rings. The maximum Gasteiger partial charge on any atom is 0.163 e. The largest absolute Gasteiger partial charge is 0.370 e. The monoisotopic (exact) mass is 360 g/mol. The van der Waals surface area contributed by atoms with Crippen molar-refractivity contribution in [2.45, 2.75) is 26.3 Å². The van der Waals surface area contributed by atoms with Crippen LogP contribution in [0.4, 0.5) is 11.6 Å². The molecule has 7 heteroatoms. The van der Waals surface area contributed by atoms with E-state index in [9.17, 15) is 8.42 Å². The zero-order chi connectivity index (χ0) is 17.9. The molecular formula is C18H24N4O2S. The summed E-state index contributed by atoms with van der Waals surface area (Å²) in [5.74, 6) is 2.91. The summed E-state index contributed by atoms with van der Waals surface area (Å²) in [6, 6.07) is 11.5. The van der Waals surface area contributed by atoms with Crippen molar-refractivity contribution in [2.75, 3.05) is 28.7 Å². The first-order chi connectivity index (χ1) is 11.9. The highest BCUT2D eigenvalue weighted by Crippen LogP contribution is 2.22. The lowest BCUT2D eigenvalue weighted by molar-refractivity contribution is 0.602. The molecule has 2 N–H and O–H groups in total. The molecule has 1 saturated heterocycles. The van der Waals surface area contributed by atoms with Gasteiger partial charge >= 0.3 is 0 Å². The number of benzene rings is 1. The number of aromatic nitrogens is 2. The van der Waals surface area contributed by atoms with Gasteiger partial charge < -0.3 is 10.6 Å². The number of hydrogen-bond donors (Lipinski definition) is 2. The first kappa shape index (κ1) is 17.7. The smallest absolute Gasteiger partial charge is 0.163 e. The minimum Gasteiger partial charge on any atom is -0.370 e. The fourth-order valence-electron chi connectivity index (χ4n) is 2.75. The molecule has 0 radical (unpaired) electrons. The average Bonchev–Trinajstić information content (AvgIpc) is 2.92. The molecule has 1 aromatic carbocycles. The van der Waals surface area contributed by atoms with Crippen LogP contribution >= 0.6 is 0 Å². The molecular weight excluding hydrogens is 336 g/mol. The molecule has 3 rings (SSSR count). The third-order valence-electron chi connectivity index (χ3n) is 4.03. The fourth-order valence-corrected chi connectivity index (χ4v) is 4.43. The van der Waals surface area contributed by atoms with Crippen LogP contribution in [0.2, 0.25) is 0 Å². The molecule has 0 bridgehead atoms. The Labute approximate surface area is 149 Å². The Hall–Kier alpha value is -2.15. The van der Waals surface area contributed by atoms with Crippen molar-refractivity contribution in [3.8, 4) is 11.4 Å². The van der Waals surface area contributed by atoms with Crippen molar-refractivity contribution < 1.29 is 8.42 Å². The van der Waals surface area contributed by atoms with Gasteiger partial charge in [-0.25, -0.2) is 18.4 Å². The third kappa shape index (κ3) is 4.92. The minimum absolute atomic E-state index is 0.0959. The Bertz CT molecular complexity index is 822. The van der Waals surface area contributed by atoms with Crippen LogP contribution in [0.15, 0.2) is 36.4 Å². The molecule has 1 aliphatic heterocycles. The molecule has 25 heavy (non-hydrogen) atoms.